The van der Waals surface area contributed by atoms with Crippen molar-refractivity contribution < 1.29 is 47.3 Å². The summed E-state index contributed by atoms with van der Waals surface area (Å²) in [5.41, 5.74) is 7.60. The number of aromatic hydroxyl groups is 1. The number of fused-ring (bicyclic) bond motifs is 1. The van der Waals surface area contributed by atoms with E-state index in [0.29, 0.717) is 5.75 Å². The molecule has 0 aromatic heterocycles. The van der Waals surface area contributed by atoms with Crippen molar-refractivity contribution >= 4 is 0 Å². The summed E-state index contributed by atoms with van der Waals surface area (Å²) in [6.07, 6.45) is 1.99. The molecule has 2 aromatic carbocycles. The van der Waals surface area contributed by atoms with Crippen LogP contribution in [0.2, 0.25) is 0 Å². The molecule has 1 aliphatic heterocycles. The Hall–Kier alpha value is -1.06. The maximum absolute atomic E-state index is 10.0. The number of phenols is 1. The molecule has 3 nitrogen and oxygen atoms in total. The van der Waals surface area contributed by atoms with E-state index in [-0.39, 0.29) is 38.3 Å². The third-order valence-corrected chi connectivity index (χ3v) is 5.66. The van der Waals surface area contributed by atoms with Crippen molar-refractivity contribution in [1.82, 2.24) is 0 Å². The van der Waals surface area contributed by atoms with Crippen LogP contribution in [-0.2, 0) is 39.1 Å². The topological polar surface area (TPSA) is 38.7 Å². The predicted octanol–water partition coefficient (Wildman–Crippen LogP) is 6.23. The molecule has 0 atom stereocenters. The van der Waals surface area contributed by atoms with Gasteiger partial charge in [0.2, 0.25) is 0 Å². The van der Waals surface area contributed by atoms with Crippen LogP contribution in [0.3, 0.4) is 0 Å². The van der Waals surface area contributed by atoms with Crippen molar-refractivity contribution in [3.8, 4) is 17.2 Å². The Labute approximate surface area is 202 Å². The molecular formula is C25H35O3Y-. The Balaban J connectivity index is 0.000000292. The second kappa shape index (κ2) is 10.3. The Morgan fingerprint density at radius 1 is 1.03 bits per heavy atom. The monoisotopic (exact) mass is 472 g/mol. The largest absolute Gasteiger partial charge is 0.519 e. The van der Waals surface area contributed by atoms with Crippen LogP contribution >= 0.6 is 0 Å². The normalized spacial score (nSPS) is 14.0. The van der Waals surface area contributed by atoms with E-state index < -0.39 is 0 Å². The van der Waals surface area contributed by atoms with Crippen molar-refractivity contribution in [3.05, 3.63) is 51.1 Å². The van der Waals surface area contributed by atoms with Crippen molar-refractivity contribution in [3.63, 3.8) is 0 Å². The minimum absolute atomic E-state index is 0. The van der Waals surface area contributed by atoms with Gasteiger partial charge < -0.3 is 14.6 Å². The number of rotatable bonds is 2. The quantitative estimate of drug-likeness (QED) is 0.527. The summed E-state index contributed by atoms with van der Waals surface area (Å²) in [6.45, 7) is 19.1. The van der Waals surface area contributed by atoms with E-state index in [1.165, 1.54) is 16.7 Å². The van der Waals surface area contributed by atoms with E-state index in [2.05, 4.69) is 33.8 Å². The molecule has 1 aliphatic rings. The molecule has 0 fully saturated rings. The second-order valence-corrected chi connectivity index (χ2v) is 8.39. The number of phenolic OH excluding ortho intramolecular Hbond substituents is 1. The van der Waals surface area contributed by atoms with Crippen molar-refractivity contribution in [2.24, 2.45) is 0 Å². The van der Waals surface area contributed by atoms with Gasteiger partial charge in [-0.25, -0.2) is 0 Å². The summed E-state index contributed by atoms with van der Waals surface area (Å²) >= 11 is 0. The van der Waals surface area contributed by atoms with Gasteiger partial charge in [0.15, 0.2) is 0 Å². The van der Waals surface area contributed by atoms with Gasteiger partial charge >= 0.3 is 0 Å². The Morgan fingerprint density at radius 3 is 2.24 bits per heavy atom. The van der Waals surface area contributed by atoms with Crippen LogP contribution in [0.25, 0.3) is 0 Å². The molecular weight excluding hydrogens is 437 g/mol. The standard InChI is InChI=1S/C14H20O2.C11H15O.Y/c1-8-9(2)13-11(10(3)12(8)15)6-7-14(4,5)16-13;1-5-12-11-7-8(2)6-9(3)10(11)4;/h15H,6-7H2,1-5H3;7H,5H2,1-4H3;/q;-1;. The van der Waals surface area contributed by atoms with Gasteiger partial charge in [-0.1, -0.05) is 20.8 Å². The maximum Gasteiger partial charge on any atom is 0.127 e. The minimum atomic E-state index is -0.0897. The molecule has 0 bridgehead atoms. The fourth-order valence-electron chi connectivity index (χ4n) is 3.58. The van der Waals surface area contributed by atoms with Crippen molar-refractivity contribution in [1.29, 1.82) is 0 Å². The number of hydrogen-bond acceptors (Lipinski definition) is 3. The zero-order valence-electron chi connectivity index (χ0n) is 19.5. The first-order valence-electron chi connectivity index (χ1n) is 10.1. The summed E-state index contributed by atoms with van der Waals surface area (Å²) in [4.78, 5) is 0. The third kappa shape index (κ3) is 5.98. The van der Waals surface area contributed by atoms with Crippen LogP contribution in [0, 0.1) is 47.6 Å². The molecule has 4 heteroatoms. The number of aryl methyl sites for hydroxylation is 2. The van der Waals surface area contributed by atoms with Crippen LogP contribution in [0.1, 0.15) is 66.1 Å². The molecule has 0 spiro atoms. The number of hydrogen-bond donors (Lipinski definition) is 1. The summed E-state index contributed by atoms with van der Waals surface area (Å²) in [5.74, 6) is 2.41. The Bertz CT molecular complexity index is 869. The van der Waals surface area contributed by atoms with E-state index in [4.69, 9.17) is 9.47 Å². The molecule has 0 saturated carbocycles. The first kappa shape index (κ1) is 26.0. The molecule has 1 N–H and O–H groups in total. The van der Waals surface area contributed by atoms with Gasteiger partial charge in [-0.15, -0.1) is 11.6 Å². The fourth-order valence-corrected chi connectivity index (χ4v) is 3.58. The van der Waals surface area contributed by atoms with Crippen LogP contribution in [0.15, 0.2) is 6.07 Å². The van der Waals surface area contributed by atoms with Gasteiger partial charge in [0.25, 0.3) is 0 Å². The SMILES string of the molecule is CCOc1cc(C)[c-]c(C)c1C.Cc1c(C)c2c(c(C)c1O)CCC(C)(C)O2.[Y]. The molecule has 157 valence electrons. The maximum atomic E-state index is 10.0. The average molecular weight is 472 g/mol. The molecule has 0 unspecified atom stereocenters. The molecule has 0 aliphatic carbocycles. The number of ether oxygens (including phenoxy) is 2. The van der Waals surface area contributed by atoms with Gasteiger partial charge in [-0.05, 0) is 71.1 Å². The zero-order valence-corrected chi connectivity index (χ0v) is 22.4. The van der Waals surface area contributed by atoms with Gasteiger partial charge in [-0.2, -0.15) is 17.2 Å². The van der Waals surface area contributed by atoms with Crippen LogP contribution in [0.4, 0.5) is 0 Å². The molecule has 0 saturated heterocycles. The molecule has 2 aromatic rings. The third-order valence-electron chi connectivity index (χ3n) is 5.66. The predicted molar refractivity (Wildman–Crippen MR) is 116 cm³/mol. The van der Waals surface area contributed by atoms with E-state index in [0.717, 1.165) is 53.2 Å². The summed E-state index contributed by atoms with van der Waals surface area (Å²) in [6, 6.07) is 5.29. The molecule has 1 radical (unpaired) electrons. The molecule has 0 amide bonds. The number of benzene rings is 2. The smallest absolute Gasteiger partial charge is 0.127 e. The van der Waals surface area contributed by atoms with Crippen molar-refractivity contribution in [2.75, 3.05) is 6.61 Å². The van der Waals surface area contributed by atoms with Gasteiger partial charge in [-0.3, -0.25) is 0 Å². The first-order valence-corrected chi connectivity index (χ1v) is 10.1. The van der Waals surface area contributed by atoms with Crippen LogP contribution < -0.4 is 9.47 Å². The van der Waals surface area contributed by atoms with Gasteiger partial charge in [0.1, 0.15) is 17.1 Å². The average Bonchev–Trinajstić information content (AvgIpc) is 2.62. The molecule has 29 heavy (non-hydrogen) atoms. The molecule has 1 heterocycles. The first-order chi connectivity index (χ1) is 13.0. The molecule has 3 rings (SSSR count). The van der Waals surface area contributed by atoms with Crippen LogP contribution in [0.5, 0.6) is 17.2 Å². The summed E-state index contributed by atoms with van der Waals surface area (Å²) < 4.78 is 11.5. The van der Waals surface area contributed by atoms with Crippen molar-refractivity contribution in [2.45, 2.75) is 80.8 Å². The summed E-state index contributed by atoms with van der Waals surface area (Å²) in [7, 11) is 0. The summed E-state index contributed by atoms with van der Waals surface area (Å²) in [5, 5.41) is 10.0. The zero-order chi connectivity index (χ0) is 21.2. The van der Waals surface area contributed by atoms with E-state index in [1.54, 1.807) is 0 Å². The Kier molecular flexibility index (Phi) is 9.23. The second-order valence-electron chi connectivity index (χ2n) is 8.39. The van der Waals surface area contributed by atoms with E-state index >= 15 is 0 Å². The fraction of sp³-hybridized carbons (Fsp3) is 0.520. The minimum Gasteiger partial charge on any atom is -0.519 e. The Morgan fingerprint density at radius 2 is 1.66 bits per heavy atom. The van der Waals surface area contributed by atoms with E-state index in [9.17, 15) is 5.11 Å². The van der Waals surface area contributed by atoms with Crippen LogP contribution in [-0.4, -0.2) is 17.3 Å². The van der Waals surface area contributed by atoms with Gasteiger partial charge in [0.05, 0.1) is 6.61 Å². The van der Waals surface area contributed by atoms with Gasteiger partial charge in [0, 0.05) is 44.0 Å². The van der Waals surface area contributed by atoms with E-state index in [1.807, 2.05) is 40.7 Å².